The first-order valence-electron chi connectivity index (χ1n) is 8.00. The Morgan fingerprint density at radius 1 is 1.21 bits per heavy atom. The molecule has 0 spiro atoms. The monoisotopic (exact) mass is 268 g/mol. The molecule has 3 N–H and O–H groups in total. The molecule has 0 bridgehead atoms. The molecule has 0 aromatic heterocycles. The van der Waals surface area contributed by atoms with Crippen molar-refractivity contribution in [3.8, 4) is 0 Å². The van der Waals surface area contributed by atoms with Crippen molar-refractivity contribution in [3.63, 3.8) is 0 Å². The Morgan fingerprint density at radius 2 is 1.84 bits per heavy atom. The third-order valence-corrected chi connectivity index (χ3v) is 5.20. The molecule has 1 saturated carbocycles. The summed E-state index contributed by atoms with van der Waals surface area (Å²) in [6.45, 7) is 8.82. The van der Waals surface area contributed by atoms with E-state index < -0.39 is 0 Å². The van der Waals surface area contributed by atoms with E-state index in [1.807, 2.05) is 0 Å². The van der Waals surface area contributed by atoms with Crippen LogP contribution in [0.2, 0.25) is 0 Å². The fourth-order valence-corrected chi connectivity index (χ4v) is 4.35. The smallest absolute Gasteiger partial charge is 0.0678 e. The van der Waals surface area contributed by atoms with Crippen LogP contribution < -0.4 is 11.3 Å². The second kappa shape index (κ2) is 5.71. The number of rotatable bonds is 5. The highest BCUT2D eigenvalue weighted by molar-refractivity contribution is 4.99. The molecule has 1 aliphatic heterocycles. The van der Waals surface area contributed by atoms with Gasteiger partial charge in [-0.15, -0.1) is 0 Å². The first-order chi connectivity index (χ1) is 8.84. The SMILES string of the molecule is CC1(C)CC(C(CCC2CCCC2)NN)C(C)(C)O1. The Labute approximate surface area is 118 Å². The summed E-state index contributed by atoms with van der Waals surface area (Å²) in [4.78, 5) is 0. The van der Waals surface area contributed by atoms with Crippen molar-refractivity contribution in [1.29, 1.82) is 0 Å². The lowest BCUT2D eigenvalue weighted by molar-refractivity contribution is -0.0780. The molecule has 1 saturated heterocycles. The summed E-state index contributed by atoms with van der Waals surface area (Å²) in [6, 6.07) is 0.386. The van der Waals surface area contributed by atoms with Crippen LogP contribution in [0.4, 0.5) is 0 Å². The minimum Gasteiger partial charge on any atom is -0.369 e. The number of ether oxygens (including phenoxy) is 1. The molecular formula is C16H32N2O. The van der Waals surface area contributed by atoms with Crippen LogP contribution >= 0.6 is 0 Å². The molecule has 19 heavy (non-hydrogen) atoms. The van der Waals surface area contributed by atoms with Crippen LogP contribution in [0.15, 0.2) is 0 Å². The lowest BCUT2D eigenvalue weighted by Crippen LogP contribution is -2.47. The molecule has 2 aliphatic rings. The fraction of sp³-hybridized carbons (Fsp3) is 1.00. The number of nitrogens with two attached hydrogens (primary N) is 1. The van der Waals surface area contributed by atoms with Crippen LogP contribution in [-0.4, -0.2) is 17.2 Å². The predicted octanol–water partition coefficient (Wildman–Crippen LogP) is 3.38. The molecule has 1 heterocycles. The number of hydrogen-bond acceptors (Lipinski definition) is 3. The third-order valence-electron chi connectivity index (χ3n) is 5.20. The van der Waals surface area contributed by atoms with Gasteiger partial charge < -0.3 is 4.74 Å². The molecule has 3 heteroatoms. The van der Waals surface area contributed by atoms with Crippen molar-refractivity contribution in [2.45, 2.75) is 89.9 Å². The van der Waals surface area contributed by atoms with Crippen LogP contribution in [0.25, 0.3) is 0 Å². The largest absolute Gasteiger partial charge is 0.369 e. The molecule has 2 rings (SSSR count). The van der Waals surface area contributed by atoms with Gasteiger partial charge in [0.15, 0.2) is 0 Å². The average molecular weight is 268 g/mol. The molecule has 112 valence electrons. The normalized spacial score (nSPS) is 31.7. The summed E-state index contributed by atoms with van der Waals surface area (Å²) in [7, 11) is 0. The van der Waals surface area contributed by atoms with E-state index >= 15 is 0 Å². The predicted molar refractivity (Wildman–Crippen MR) is 79.7 cm³/mol. The first-order valence-corrected chi connectivity index (χ1v) is 8.00. The lowest BCUT2D eigenvalue weighted by Gasteiger charge is -2.33. The highest BCUT2D eigenvalue weighted by Gasteiger charge is 2.48. The van der Waals surface area contributed by atoms with Gasteiger partial charge >= 0.3 is 0 Å². The van der Waals surface area contributed by atoms with E-state index in [4.69, 9.17) is 10.6 Å². The maximum atomic E-state index is 6.21. The Morgan fingerprint density at radius 3 is 2.32 bits per heavy atom. The van der Waals surface area contributed by atoms with Crippen molar-refractivity contribution in [2.75, 3.05) is 0 Å². The van der Waals surface area contributed by atoms with Crippen molar-refractivity contribution < 1.29 is 4.74 Å². The molecule has 2 atom stereocenters. The van der Waals surface area contributed by atoms with Gasteiger partial charge in [-0.3, -0.25) is 11.3 Å². The summed E-state index contributed by atoms with van der Waals surface area (Å²) >= 11 is 0. The van der Waals surface area contributed by atoms with E-state index in [9.17, 15) is 0 Å². The number of hydrazine groups is 1. The summed E-state index contributed by atoms with van der Waals surface area (Å²) in [5, 5.41) is 0. The minimum absolute atomic E-state index is 0.0172. The van der Waals surface area contributed by atoms with Gasteiger partial charge in [0, 0.05) is 12.0 Å². The zero-order valence-corrected chi connectivity index (χ0v) is 13.2. The maximum Gasteiger partial charge on any atom is 0.0678 e. The summed E-state index contributed by atoms with van der Waals surface area (Å²) in [5.41, 5.74) is 2.99. The van der Waals surface area contributed by atoms with Gasteiger partial charge in [0.05, 0.1) is 11.2 Å². The first kappa shape index (κ1) is 15.3. The summed E-state index contributed by atoms with van der Waals surface area (Å²) in [5.74, 6) is 7.29. The maximum absolute atomic E-state index is 6.21. The second-order valence-corrected chi connectivity index (χ2v) is 7.78. The van der Waals surface area contributed by atoms with Gasteiger partial charge in [0.25, 0.3) is 0 Å². The van der Waals surface area contributed by atoms with Gasteiger partial charge in [-0.2, -0.15) is 0 Å². The van der Waals surface area contributed by atoms with Gasteiger partial charge in [0.2, 0.25) is 0 Å². The molecule has 3 nitrogen and oxygen atoms in total. The lowest BCUT2D eigenvalue weighted by atomic mass is 9.79. The van der Waals surface area contributed by atoms with Crippen LogP contribution in [0.5, 0.6) is 0 Å². The zero-order chi connectivity index (χ0) is 14.1. The van der Waals surface area contributed by atoms with E-state index in [-0.39, 0.29) is 11.2 Å². The van der Waals surface area contributed by atoms with Crippen LogP contribution in [0.1, 0.15) is 72.6 Å². The molecule has 0 amide bonds. The molecule has 0 radical (unpaired) electrons. The van der Waals surface area contributed by atoms with Gasteiger partial charge in [0.1, 0.15) is 0 Å². The number of hydrogen-bond donors (Lipinski definition) is 2. The van der Waals surface area contributed by atoms with Crippen LogP contribution in [0.3, 0.4) is 0 Å². The van der Waals surface area contributed by atoms with E-state index in [0.29, 0.717) is 12.0 Å². The van der Waals surface area contributed by atoms with Gasteiger partial charge in [-0.05, 0) is 52.9 Å². The van der Waals surface area contributed by atoms with E-state index in [0.717, 1.165) is 12.3 Å². The van der Waals surface area contributed by atoms with Gasteiger partial charge in [-0.1, -0.05) is 25.7 Å². The third kappa shape index (κ3) is 3.71. The van der Waals surface area contributed by atoms with E-state index in [2.05, 4.69) is 33.1 Å². The van der Waals surface area contributed by atoms with Crippen LogP contribution in [-0.2, 0) is 4.74 Å². The molecule has 1 aliphatic carbocycles. The highest BCUT2D eigenvalue weighted by Crippen LogP contribution is 2.44. The Kier molecular flexibility index (Phi) is 4.59. The topological polar surface area (TPSA) is 47.3 Å². The minimum atomic E-state index is -0.0732. The molecule has 0 aromatic rings. The van der Waals surface area contributed by atoms with Crippen molar-refractivity contribution in [2.24, 2.45) is 17.7 Å². The van der Waals surface area contributed by atoms with E-state index in [1.165, 1.54) is 38.5 Å². The van der Waals surface area contributed by atoms with Gasteiger partial charge in [-0.25, -0.2) is 0 Å². The molecular weight excluding hydrogens is 236 g/mol. The van der Waals surface area contributed by atoms with Crippen molar-refractivity contribution >= 4 is 0 Å². The molecule has 2 fully saturated rings. The summed E-state index contributed by atoms with van der Waals surface area (Å²) < 4.78 is 6.21. The Hall–Kier alpha value is -0.120. The van der Waals surface area contributed by atoms with Crippen molar-refractivity contribution in [1.82, 2.24) is 5.43 Å². The van der Waals surface area contributed by atoms with Crippen LogP contribution in [0, 0.1) is 11.8 Å². The Balaban J connectivity index is 1.92. The average Bonchev–Trinajstić information content (AvgIpc) is 2.86. The highest BCUT2D eigenvalue weighted by atomic mass is 16.5. The quantitative estimate of drug-likeness (QED) is 0.593. The molecule has 0 aromatic carbocycles. The second-order valence-electron chi connectivity index (χ2n) is 7.78. The summed E-state index contributed by atoms with van der Waals surface area (Å²) in [6.07, 6.45) is 9.31. The van der Waals surface area contributed by atoms with E-state index in [1.54, 1.807) is 0 Å². The molecule has 2 unspecified atom stereocenters. The standard InChI is InChI=1S/C16H32N2O/c1-15(2)11-13(16(3,4)19-15)14(18-17)10-9-12-7-5-6-8-12/h12-14,18H,5-11,17H2,1-4H3. The number of nitrogens with one attached hydrogen (secondary N) is 1. The Bertz CT molecular complexity index is 295. The van der Waals surface area contributed by atoms with Crippen molar-refractivity contribution in [3.05, 3.63) is 0 Å². The fourth-order valence-electron chi connectivity index (χ4n) is 4.35. The zero-order valence-electron chi connectivity index (χ0n) is 13.2.